The highest BCUT2D eigenvalue weighted by molar-refractivity contribution is 6.30. The second kappa shape index (κ2) is 6.78. The summed E-state index contributed by atoms with van der Waals surface area (Å²) in [6, 6.07) is 15.0. The summed E-state index contributed by atoms with van der Waals surface area (Å²) in [5.41, 5.74) is 1.82. The number of esters is 1. The number of carbonyl (C=O) groups is 1. The van der Waals surface area contributed by atoms with Crippen molar-refractivity contribution in [3.05, 3.63) is 87.6 Å². The summed E-state index contributed by atoms with van der Waals surface area (Å²) in [4.78, 5) is 24.5. The molecule has 4 aromatic rings. The van der Waals surface area contributed by atoms with Gasteiger partial charge >= 0.3 is 11.6 Å². The van der Waals surface area contributed by atoms with Gasteiger partial charge in [0.1, 0.15) is 11.3 Å². The maximum atomic E-state index is 12.5. The molecule has 2 heterocycles. The minimum atomic E-state index is -0.629. The van der Waals surface area contributed by atoms with E-state index in [4.69, 9.17) is 25.2 Å². The summed E-state index contributed by atoms with van der Waals surface area (Å²) in [7, 11) is 0. The third-order valence-corrected chi connectivity index (χ3v) is 4.46. The molecule has 0 aliphatic carbocycles. The van der Waals surface area contributed by atoms with Crippen LogP contribution in [0.3, 0.4) is 0 Å². The van der Waals surface area contributed by atoms with Gasteiger partial charge in [0.15, 0.2) is 0 Å². The lowest BCUT2D eigenvalue weighted by molar-refractivity contribution is 0.0701. The number of carbonyl (C=O) groups excluding carboxylic acids is 1. The SMILES string of the molecule is Cc1c(-c2ccc(Cl)cc2)c(=O)oc2cc(OC(=O)c3ccco3)ccc12. The summed E-state index contributed by atoms with van der Waals surface area (Å²) < 4.78 is 15.7. The molecule has 0 aliphatic rings. The molecule has 4 rings (SSSR count). The van der Waals surface area contributed by atoms with E-state index in [1.807, 2.05) is 6.92 Å². The van der Waals surface area contributed by atoms with Gasteiger partial charge < -0.3 is 13.6 Å². The first kappa shape index (κ1) is 17.1. The Morgan fingerprint density at radius 1 is 1.07 bits per heavy atom. The fourth-order valence-electron chi connectivity index (χ4n) is 2.90. The number of aryl methyl sites for hydroxylation is 1. The van der Waals surface area contributed by atoms with Crippen LogP contribution in [0.1, 0.15) is 16.1 Å². The van der Waals surface area contributed by atoms with Crippen LogP contribution in [0.25, 0.3) is 22.1 Å². The van der Waals surface area contributed by atoms with E-state index in [-0.39, 0.29) is 11.5 Å². The molecule has 5 nitrogen and oxygen atoms in total. The van der Waals surface area contributed by atoms with Gasteiger partial charge in [-0.3, -0.25) is 0 Å². The molecule has 0 atom stereocenters. The van der Waals surface area contributed by atoms with Gasteiger partial charge in [0.2, 0.25) is 5.76 Å². The van der Waals surface area contributed by atoms with E-state index in [9.17, 15) is 9.59 Å². The summed E-state index contributed by atoms with van der Waals surface area (Å²) >= 11 is 5.92. The van der Waals surface area contributed by atoms with Crippen molar-refractivity contribution in [1.29, 1.82) is 0 Å². The van der Waals surface area contributed by atoms with Crippen LogP contribution in [-0.4, -0.2) is 5.97 Å². The van der Waals surface area contributed by atoms with Crippen LogP contribution in [0.15, 0.2) is 74.5 Å². The first-order chi connectivity index (χ1) is 13.0. The fraction of sp³-hybridized carbons (Fsp3) is 0.0476. The zero-order chi connectivity index (χ0) is 19.0. The predicted octanol–water partition coefficient (Wildman–Crippen LogP) is 5.23. The number of fused-ring (bicyclic) bond motifs is 1. The first-order valence-corrected chi connectivity index (χ1v) is 8.50. The highest BCUT2D eigenvalue weighted by Gasteiger charge is 2.16. The van der Waals surface area contributed by atoms with E-state index in [2.05, 4.69) is 0 Å². The number of hydrogen-bond donors (Lipinski definition) is 0. The molecule has 0 fully saturated rings. The molecule has 0 bridgehead atoms. The maximum Gasteiger partial charge on any atom is 0.379 e. The first-order valence-electron chi connectivity index (χ1n) is 8.12. The van der Waals surface area contributed by atoms with Gasteiger partial charge in [-0.05, 0) is 54.4 Å². The summed E-state index contributed by atoms with van der Waals surface area (Å²) in [5, 5.41) is 1.34. The van der Waals surface area contributed by atoms with Crippen molar-refractivity contribution in [1.82, 2.24) is 0 Å². The van der Waals surface area contributed by atoms with Crippen molar-refractivity contribution < 1.29 is 18.4 Å². The van der Waals surface area contributed by atoms with Gasteiger partial charge in [-0.25, -0.2) is 9.59 Å². The van der Waals surface area contributed by atoms with Crippen LogP contribution in [0.4, 0.5) is 0 Å². The van der Waals surface area contributed by atoms with E-state index < -0.39 is 11.6 Å². The molecule has 134 valence electrons. The van der Waals surface area contributed by atoms with Gasteiger partial charge in [-0.2, -0.15) is 0 Å². The monoisotopic (exact) mass is 380 g/mol. The number of halogens is 1. The van der Waals surface area contributed by atoms with Crippen molar-refractivity contribution >= 4 is 28.5 Å². The molecule has 0 unspecified atom stereocenters. The van der Waals surface area contributed by atoms with Crippen LogP contribution >= 0.6 is 11.6 Å². The number of ether oxygens (including phenoxy) is 1. The smallest absolute Gasteiger partial charge is 0.379 e. The predicted molar refractivity (Wildman–Crippen MR) is 101 cm³/mol. The summed E-state index contributed by atoms with van der Waals surface area (Å²) in [5.74, 6) is -0.285. The third kappa shape index (κ3) is 3.25. The number of rotatable bonds is 3. The number of benzene rings is 2. The number of furan rings is 1. The van der Waals surface area contributed by atoms with Crippen molar-refractivity contribution in [2.75, 3.05) is 0 Å². The Bertz CT molecular complexity index is 1190. The van der Waals surface area contributed by atoms with Crippen LogP contribution in [-0.2, 0) is 0 Å². The van der Waals surface area contributed by atoms with Crippen molar-refractivity contribution in [2.24, 2.45) is 0 Å². The Morgan fingerprint density at radius 3 is 2.56 bits per heavy atom. The molecular formula is C21H13ClO5. The largest absolute Gasteiger partial charge is 0.457 e. The van der Waals surface area contributed by atoms with Crippen LogP contribution in [0, 0.1) is 6.92 Å². The minimum Gasteiger partial charge on any atom is -0.457 e. The molecule has 0 spiro atoms. The topological polar surface area (TPSA) is 69.7 Å². The zero-order valence-corrected chi connectivity index (χ0v) is 14.9. The second-order valence-corrected chi connectivity index (χ2v) is 6.36. The Labute approximate surface area is 158 Å². The number of hydrogen-bond acceptors (Lipinski definition) is 5. The lowest BCUT2D eigenvalue weighted by Gasteiger charge is -2.09. The normalized spacial score (nSPS) is 10.9. The van der Waals surface area contributed by atoms with E-state index in [0.717, 1.165) is 16.5 Å². The van der Waals surface area contributed by atoms with Crippen LogP contribution < -0.4 is 10.4 Å². The standard InChI is InChI=1S/C21H13ClO5/c1-12-16-9-8-15(26-20(23)17-3-2-10-25-17)11-18(16)27-21(24)19(12)13-4-6-14(22)7-5-13/h2-11H,1H3. The van der Waals surface area contributed by atoms with Crippen LogP contribution in [0.2, 0.25) is 5.02 Å². The zero-order valence-electron chi connectivity index (χ0n) is 14.2. The second-order valence-electron chi connectivity index (χ2n) is 5.92. The molecule has 0 saturated carbocycles. The molecule has 0 radical (unpaired) electrons. The molecule has 0 amide bonds. The van der Waals surface area contributed by atoms with E-state index >= 15 is 0 Å². The lowest BCUT2D eigenvalue weighted by Crippen LogP contribution is -2.08. The van der Waals surface area contributed by atoms with E-state index in [1.165, 1.54) is 18.4 Å². The van der Waals surface area contributed by atoms with Crippen molar-refractivity contribution in [2.45, 2.75) is 6.92 Å². The molecule has 27 heavy (non-hydrogen) atoms. The van der Waals surface area contributed by atoms with Crippen LogP contribution in [0.5, 0.6) is 5.75 Å². The minimum absolute atomic E-state index is 0.0887. The van der Waals surface area contributed by atoms with Gasteiger partial charge in [0, 0.05) is 16.5 Å². The molecule has 0 N–H and O–H groups in total. The van der Waals surface area contributed by atoms with E-state index in [0.29, 0.717) is 16.2 Å². The molecule has 2 aromatic heterocycles. The van der Waals surface area contributed by atoms with E-state index in [1.54, 1.807) is 42.5 Å². The highest BCUT2D eigenvalue weighted by Crippen LogP contribution is 2.29. The Kier molecular flexibility index (Phi) is 4.30. The van der Waals surface area contributed by atoms with Gasteiger partial charge in [0.25, 0.3) is 0 Å². The highest BCUT2D eigenvalue weighted by atomic mass is 35.5. The van der Waals surface area contributed by atoms with Crippen molar-refractivity contribution in [3.8, 4) is 16.9 Å². The molecular weight excluding hydrogens is 368 g/mol. The Balaban J connectivity index is 1.75. The molecule has 6 heteroatoms. The fourth-order valence-corrected chi connectivity index (χ4v) is 3.03. The maximum absolute atomic E-state index is 12.5. The third-order valence-electron chi connectivity index (χ3n) is 4.20. The van der Waals surface area contributed by atoms with Gasteiger partial charge in [-0.15, -0.1) is 0 Å². The lowest BCUT2D eigenvalue weighted by atomic mass is 10.00. The average Bonchev–Trinajstić information content (AvgIpc) is 3.18. The molecule has 2 aromatic carbocycles. The summed E-state index contributed by atoms with van der Waals surface area (Å²) in [6.45, 7) is 1.84. The average molecular weight is 381 g/mol. The van der Waals surface area contributed by atoms with Crippen molar-refractivity contribution in [3.63, 3.8) is 0 Å². The Hall–Kier alpha value is -3.31. The molecule has 0 saturated heterocycles. The molecule has 0 aliphatic heterocycles. The Morgan fingerprint density at radius 2 is 1.85 bits per heavy atom. The summed E-state index contributed by atoms with van der Waals surface area (Å²) in [6.07, 6.45) is 1.39. The quantitative estimate of drug-likeness (QED) is 0.276. The van der Waals surface area contributed by atoms with Gasteiger partial charge in [0.05, 0.1) is 11.8 Å². The van der Waals surface area contributed by atoms with Gasteiger partial charge in [-0.1, -0.05) is 23.7 Å².